The Labute approximate surface area is 170 Å². The normalized spacial score (nSPS) is 11.2. The van der Waals surface area contributed by atoms with Gasteiger partial charge in [0.2, 0.25) is 0 Å². The largest absolute Gasteiger partial charge is 0.466 e. The van der Waals surface area contributed by atoms with Crippen molar-refractivity contribution in [3.8, 4) is 11.3 Å². The lowest BCUT2D eigenvalue weighted by atomic mass is 9.99. The number of carbonyl (C=O) groups excluding carboxylic acids is 1. The van der Waals surface area contributed by atoms with Gasteiger partial charge in [-0.25, -0.2) is 14.2 Å². The van der Waals surface area contributed by atoms with Crippen LogP contribution in [0.1, 0.15) is 37.8 Å². The number of esters is 1. The predicted octanol–water partition coefficient (Wildman–Crippen LogP) is 5.70. The van der Waals surface area contributed by atoms with Crippen molar-refractivity contribution in [3.63, 3.8) is 0 Å². The van der Waals surface area contributed by atoms with E-state index in [1.54, 1.807) is 12.1 Å². The molecule has 0 saturated carbocycles. The molecule has 0 unspecified atom stereocenters. The van der Waals surface area contributed by atoms with E-state index >= 15 is 0 Å². The van der Waals surface area contributed by atoms with Crippen molar-refractivity contribution in [2.24, 2.45) is 0 Å². The zero-order valence-electron chi connectivity index (χ0n) is 17.0. The number of halogens is 1. The van der Waals surface area contributed by atoms with Gasteiger partial charge in [-0.2, -0.15) is 0 Å². The molecule has 2 aromatic rings. The highest BCUT2D eigenvalue weighted by Crippen LogP contribution is 2.35. The van der Waals surface area contributed by atoms with E-state index in [0.29, 0.717) is 11.7 Å². The first-order chi connectivity index (χ1) is 13.4. The van der Waals surface area contributed by atoms with Crippen LogP contribution < -0.4 is 5.32 Å². The SMILES string of the molecule is CCC(CC)Nc1cc(SC)nc(-c2ccc(F)cc2C)c1C=CC(=O)OC. The fourth-order valence-electron chi connectivity index (χ4n) is 2.95. The maximum atomic E-state index is 13.6. The Morgan fingerprint density at radius 2 is 2.04 bits per heavy atom. The second-order valence-corrected chi connectivity index (χ2v) is 7.27. The van der Waals surface area contributed by atoms with Crippen LogP contribution in [0.3, 0.4) is 0 Å². The number of anilines is 1. The van der Waals surface area contributed by atoms with Gasteiger partial charge in [-0.05, 0) is 61.9 Å². The molecule has 0 radical (unpaired) electrons. The summed E-state index contributed by atoms with van der Waals surface area (Å²) in [6, 6.07) is 6.93. The molecule has 0 aliphatic carbocycles. The molecule has 1 N–H and O–H groups in total. The maximum Gasteiger partial charge on any atom is 0.330 e. The van der Waals surface area contributed by atoms with Crippen molar-refractivity contribution in [2.45, 2.75) is 44.7 Å². The average molecular weight is 403 g/mol. The minimum absolute atomic E-state index is 0.288. The first kappa shape index (κ1) is 22.0. The van der Waals surface area contributed by atoms with Crippen LogP contribution in [-0.4, -0.2) is 30.4 Å². The molecule has 0 spiro atoms. The first-order valence-corrected chi connectivity index (χ1v) is 10.5. The van der Waals surface area contributed by atoms with Gasteiger partial charge in [0.25, 0.3) is 0 Å². The highest BCUT2D eigenvalue weighted by molar-refractivity contribution is 7.98. The summed E-state index contributed by atoms with van der Waals surface area (Å²) in [5.41, 5.74) is 4.00. The summed E-state index contributed by atoms with van der Waals surface area (Å²) in [5.74, 6) is -0.728. The third-order valence-electron chi connectivity index (χ3n) is 4.62. The van der Waals surface area contributed by atoms with Gasteiger partial charge in [-0.3, -0.25) is 0 Å². The number of benzene rings is 1. The Hall–Kier alpha value is -2.34. The molecule has 4 nitrogen and oxygen atoms in total. The van der Waals surface area contributed by atoms with Crippen LogP contribution in [0.4, 0.5) is 10.1 Å². The van der Waals surface area contributed by atoms with Crippen LogP contribution in [0.15, 0.2) is 35.4 Å². The number of aryl methyl sites for hydroxylation is 1. The first-order valence-electron chi connectivity index (χ1n) is 9.31. The van der Waals surface area contributed by atoms with Gasteiger partial charge in [0.1, 0.15) is 5.82 Å². The molecule has 0 atom stereocenters. The molecule has 0 aliphatic rings. The molecule has 150 valence electrons. The lowest BCUT2D eigenvalue weighted by Crippen LogP contribution is -2.18. The fourth-order valence-corrected chi connectivity index (χ4v) is 3.37. The van der Waals surface area contributed by atoms with E-state index in [-0.39, 0.29) is 5.82 Å². The molecule has 1 heterocycles. The molecule has 1 aromatic carbocycles. The second kappa shape index (κ2) is 10.3. The molecule has 2 rings (SSSR count). The van der Waals surface area contributed by atoms with Crippen LogP contribution in [0.25, 0.3) is 17.3 Å². The van der Waals surface area contributed by atoms with E-state index in [4.69, 9.17) is 9.72 Å². The molecule has 0 fully saturated rings. The zero-order valence-corrected chi connectivity index (χ0v) is 17.8. The number of carbonyl (C=O) groups is 1. The van der Waals surface area contributed by atoms with Crippen LogP contribution >= 0.6 is 11.8 Å². The van der Waals surface area contributed by atoms with Crippen LogP contribution in [0, 0.1) is 12.7 Å². The highest BCUT2D eigenvalue weighted by atomic mass is 32.2. The quantitative estimate of drug-likeness (QED) is 0.348. The Bertz CT molecular complexity index is 864. The Balaban J connectivity index is 2.72. The van der Waals surface area contributed by atoms with Crippen molar-refractivity contribution < 1.29 is 13.9 Å². The lowest BCUT2D eigenvalue weighted by Gasteiger charge is -2.21. The molecule has 1 aromatic heterocycles. The van der Waals surface area contributed by atoms with Crippen molar-refractivity contribution in [1.82, 2.24) is 4.98 Å². The summed E-state index contributed by atoms with van der Waals surface area (Å²) < 4.78 is 18.4. The van der Waals surface area contributed by atoms with Crippen LogP contribution in [0.2, 0.25) is 0 Å². The number of ether oxygens (including phenoxy) is 1. The van der Waals surface area contributed by atoms with Gasteiger partial charge >= 0.3 is 5.97 Å². The third-order valence-corrected chi connectivity index (χ3v) is 5.25. The van der Waals surface area contributed by atoms with Crippen molar-refractivity contribution in [1.29, 1.82) is 0 Å². The standard InChI is InChI=1S/C22H27FN2O2S/c1-6-16(7-2)24-19-13-20(28-5)25-22(18(19)10-11-21(26)27-4)17-9-8-15(23)12-14(17)3/h8-13,16H,6-7H2,1-5H3,(H,24,25). The molecule has 0 saturated heterocycles. The number of hydrogen-bond donors (Lipinski definition) is 1. The number of hydrogen-bond acceptors (Lipinski definition) is 5. The average Bonchev–Trinajstić information content (AvgIpc) is 2.70. The summed E-state index contributed by atoms with van der Waals surface area (Å²) in [5, 5.41) is 4.42. The Morgan fingerprint density at radius 1 is 1.32 bits per heavy atom. The Morgan fingerprint density at radius 3 is 2.61 bits per heavy atom. The lowest BCUT2D eigenvalue weighted by molar-refractivity contribution is -0.134. The van der Waals surface area contributed by atoms with Crippen LogP contribution in [-0.2, 0) is 9.53 Å². The second-order valence-electron chi connectivity index (χ2n) is 6.45. The molecule has 0 aliphatic heterocycles. The number of methoxy groups -OCH3 is 1. The molecule has 6 heteroatoms. The summed E-state index contributed by atoms with van der Waals surface area (Å²) in [6.07, 6.45) is 7.01. The topological polar surface area (TPSA) is 51.2 Å². The summed E-state index contributed by atoms with van der Waals surface area (Å²) in [4.78, 5) is 16.5. The number of pyridine rings is 1. The molecule has 0 amide bonds. The van der Waals surface area contributed by atoms with E-state index < -0.39 is 5.97 Å². The highest BCUT2D eigenvalue weighted by Gasteiger charge is 2.17. The summed E-state index contributed by atoms with van der Waals surface area (Å²) in [7, 11) is 1.34. The predicted molar refractivity (Wildman–Crippen MR) is 115 cm³/mol. The van der Waals surface area contributed by atoms with Crippen molar-refractivity contribution >= 4 is 29.5 Å². The smallest absolute Gasteiger partial charge is 0.330 e. The molecule has 0 bridgehead atoms. The monoisotopic (exact) mass is 402 g/mol. The van der Waals surface area contributed by atoms with Crippen molar-refractivity contribution in [3.05, 3.63) is 47.3 Å². The molecule has 28 heavy (non-hydrogen) atoms. The molecular formula is C22H27FN2O2S. The van der Waals surface area contributed by atoms with Crippen molar-refractivity contribution in [2.75, 3.05) is 18.7 Å². The fraction of sp³-hybridized carbons (Fsp3) is 0.364. The minimum atomic E-state index is -0.441. The van der Waals surface area contributed by atoms with Gasteiger partial charge in [0.15, 0.2) is 0 Å². The summed E-state index contributed by atoms with van der Waals surface area (Å²) >= 11 is 1.54. The number of thioether (sulfide) groups is 1. The summed E-state index contributed by atoms with van der Waals surface area (Å²) in [6.45, 7) is 6.12. The number of nitrogens with one attached hydrogen (secondary N) is 1. The van der Waals surface area contributed by atoms with Gasteiger partial charge in [-0.15, -0.1) is 11.8 Å². The van der Waals surface area contributed by atoms with Gasteiger partial charge in [-0.1, -0.05) is 13.8 Å². The number of rotatable bonds is 8. The van der Waals surface area contributed by atoms with Gasteiger partial charge in [0, 0.05) is 28.9 Å². The maximum absolute atomic E-state index is 13.6. The van der Waals surface area contributed by atoms with Gasteiger partial charge in [0.05, 0.1) is 17.8 Å². The number of nitrogens with zero attached hydrogens (tertiary/aromatic N) is 1. The van der Waals surface area contributed by atoms with E-state index in [9.17, 15) is 9.18 Å². The third kappa shape index (κ3) is 5.35. The zero-order chi connectivity index (χ0) is 20.7. The van der Waals surface area contributed by atoms with E-state index in [1.807, 2.05) is 19.2 Å². The minimum Gasteiger partial charge on any atom is -0.466 e. The van der Waals surface area contributed by atoms with E-state index in [1.165, 1.54) is 37.1 Å². The number of aromatic nitrogens is 1. The van der Waals surface area contributed by atoms with E-state index in [2.05, 4.69) is 19.2 Å². The Kier molecular flexibility index (Phi) is 8.05. The van der Waals surface area contributed by atoms with Crippen LogP contribution in [0.5, 0.6) is 0 Å². The van der Waals surface area contributed by atoms with E-state index in [0.717, 1.165) is 40.2 Å². The van der Waals surface area contributed by atoms with Gasteiger partial charge < -0.3 is 10.1 Å². The molecular weight excluding hydrogens is 375 g/mol.